The molecule has 2 heteroatoms. The third kappa shape index (κ3) is 1.77. The van der Waals surface area contributed by atoms with Gasteiger partial charge in [-0.3, -0.25) is 0 Å². The standard InChI is InChI=1S/C17H19OSi/c19-18-16-6-2-4-12-8-9-14-13-5-1-3-11(13)7-10-15(14)17(12)16/h1,3,7,9-10,12-13,16-17H,2,4-6,8H2/t12?,13-,16?,17+/m1/s1. The fourth-order valence-electron chi connectivity index (χ4n) is 4.49. The number of fused-ring (bicyclic) bond motifs is 5. The molecule has 0 aromatic carbocycles. The summed E-state index contributed by atoms with van der Waals surface area (Å²) < 4.78 is 5.62. The van der Waals surface area contributed by atoms with Crippen molar-refractivity contribution >= 4 is 10.5 Å². The first-order valence-electron chi connectivity index (χ1n) is 7.49. The van der Waals surface area contributed by atoms with Crippen molar-refractivity contribution in [2.24, 2.45) is 17.8 Å². The van der Waals surface area contributed by atoms with E-state index >= 15 is 0 Å². The molecule has 4 rings (SSSR count). The van der Waals surface area contributed by atoms with Crippen molar-refractivity contribution in [3.05, 3.63) is 47.1 Å². The highest BCUT2D eigenvalue weighted by Crippen LogP contribution is 2.50. The molecule has 0 amide bonds. The fourth-order valence-corrected chi connectivity index (χ4v) is 4.76. The first-order chi connectivity index (χ1) is 9.38. The van der Waals surface area contributed by atoms with E-state index in [9.17, 15) is 0 Å². The van der Waals surface area contributed by atoms with Crippen LogP contribution < -0.4 is 0 Å². The summed E-state index contributed by atoms with van der Waals surface area (Å²) in [5, 5.41) is 0. The molecule has 0 heterocycles. The van der Waals surface area contributed by atoms with E-state index in [1.54, 1.807) is 11.1 Å². The van der Waals surface area contributed by atoms with Gasteiger partial charge in [0.25, 0.3) is 0 Å². The Morgan fingerprint density at radius 2 is 2.05 bits per heavy atom. The Labute approximate surface area is 118 Å². The molecule has 0 spiro atoms. The zero-order valence-electron chi connectivity index (χ0n) is 11.1. The summed E-state index contributed by atoms with van der Waals surface area (Å²) in [7, 11) is 3.32. The molecule has 4 aliphatic carbocycles. The van der Waals surface area contributed by atoms with Crippen molar-refractivity contribution < 1.29 is 4.43 Å². The van der Waals surface area contributed by atoms with Crippen LogP contribution in [0.5, 0.6) is 0 Å². The van der Waals surface area contributed by atoms with Gasteiger partial charge in [-0.2, -0.15) is 0 Å². The van der Waals surface area contributed by atoms with Crippen molar-refractivity contribution in [2.45, 2.75) is 38.2 Å². The minimum absolute atomic E-state index is 0.356. The van der Waals surface area contributed by atoms with Crippen molar-refractivity contribution in [3.63, 3.8) is 0 Å². The summed E-state index contributed by atoms with van der Waals surface area (Å²) in [5.41, 5.74) is 4.66. The van der Waals surface area contributed by atoms with Crippen LogP contribution in [0.25, 0.3) is 0 Å². The average Bonchev–Trinajstić information content (AvgIpc) is 2.94. The van der Waals surface area contributed by atoms with Gasteiger partial charge in [-0.15, -0.1) is 0 Å². The van der Waals surface area contributed by atoms with E-state index in [2.05, 4.69) is 40.9 Å². The summed E-state index contributed by atoms with van der Waals surface area (Å²) in [4.78, 5) is 0. The lowest BCUT2D eigenvalue weighted by atomic mass is 9.63. The number of allylic oxidation sites excluding steroid dienone is 7. The molecule has 97 valence electrons. The predicted molar refractivity (Wildman–Crippen MR) is 77.6 cm³/mol. The molecule has 2 unspecified atom stereocenters. The molecule has 0 aromatic heterocycles. The van der Waals surface area contributed by atoms with Gasteiger partial charge in [0.05, 0.1) is 6.10 Å². The van der Waals surface area contributed by atoms with E-state index in [1.807, 2.05) is 0 Å². The molecule has 3 radical (unpaired) electrons. The van der Waals surface area contributed by atoms with Crippen molar-refractivity contribution in [1.29, 1.82) is 0 Å². The normalized spacial score (nSPS) is 39.7. The maximum atomic E-state index is 5.62. The van der Waals surface area contributed by atoms with E-state index in [-0.39, 0.29) is 0 Å². The molecule has 0 bridgehead atoms. The summed E-state index contributed by atoms with van der Waals surface area (Å²) in [6.07, 6.45) is 18.5. The Morgan fingerprint density at radius 1 is 1.11 bits per heavy atom. The maximum absolute atomic E-state index is 5.62. The Hall–Kier alpha value is -0.863. The lowest BCUT2D eigenvalue weighted by molar-refractivity contribution is 0.0784. The van der Waals surface area contributed by atoms with Crippen LogP contribution in [0.15, 0.2) is 47.1 Å². The summed E-state index contributed by atoms with van der Waals surface area (Å²) in [6, 6.07) is 0. The first-order valence-corrected chi connectivity index (χ1v) is 7.90. The first kappa shape index (κ1) is 11.9. The molecule has 4 aliphatic rings. The van der Waals surface area contributed by atoms with Gasteiger partial charge < -0.3 is 4.43 Å². The lowest BCUT2D eigenvalue weighted by Crippen LogP contribution is -2.38. The minimum Gasteiger partial charge on any atom is -0.415 e. The predicted octanol–water partition coefficient (Wildman–Crippen LogP) is 3.64. The molecular formula is C17H19OSi. The summed E-state index contributed by atoms with van der Waals surface area (Å²) in [6.45, 7) is 0. The van der Waals surface area contributed by atoms with Gasteiger partial charge in [0.15, 0.2) is 0 Å². The average molecular weight is 267 g/mol. The molecular weight excluding hydrogens is 248 g/mol. The molecule has 4 atom stereocenters. The van der Waals surface area contributed by atoms with Gasteiger partial charge in [-0.25, -0.2) is 0 Å². The van der Waals surface area contributed by atoms with Crippen LogP contribution in [0.1, 0.15) is 32.1 Å². The molecule has 19 heavy (non-hydrogen) atoms. The van der Waals surface area contributed by atoms with Gasteiger partial charge in [0, 0.05) is 11.8 Å². The SMILES string of the molecule is [Si]OC1CCCC2CC=C3C(=CC=C4C=CC[C@H]43)[C@H]21. The highest BCUT2D eigenvalue weighted by atomic mass is 28.2. The monoisotopic (exact) mass is 267 g/mol. The smallest absolute Gasteiger partial charge is 0.246 e. The number of hydrogen-bond donors (Lipinski definition) is 0. The lowest BCUT2D eigenvalue weighted by Gasteiger charge is -2.44. The van der Waals surface area contributed by atoms with Crippen molar-refractivity contribution in [2.75, 3.05) is 0 Å². The molecule has 0 saturated heterocycles. The van der Waals surface area contributed by atoms with E-state index in [0.29, 0.717) is 17.9 Å². The van der Waals surface area contributed by atoms with Crippen LogP contribution in [-0.2, 0) is 4.43 Å². The second-order valence-electron chi connectivity index (χ2n) is 6.25. The minimum atomic E-state index is 0.356. The topological polar surface area (TPSA) is 9.23 Å². The van der Waals surface area contributed by atoms with Crippen molar-refractivity contribution in [1.82, 2.24) is 0 Å². The fraction of sp³-hybridized carbons (Fsp3) is 0.529. The maximum Gasteiger partial charge on any atom is 0.246 e. The van der Waals surface area contributed by atoms with Gasteiger partial charge in [0.2, 0.25) is 10.5 Å². The van der Waals surface area contributed by atoms with E-state index < -0.39 is 0 Å². The molecule has 0 N–H and O–H groups in total. The van der Waals surface area contributed by atoms with Crippen LogP contribution in [-0.4, -0.2) is 16.6 Å². The zero-order valence-corrected chi connectivity index (χ0v) is 12.1. The number of rotatable bonds is 1. The highest BCUT2D eigenvalue weighted by Gasteiger charge is 2.41. The van der Waals surface area contributed by atoms with Gasteiger partial charge in [0.1, 0.15) is 0 Å². The van der Waals surface area contributed by atoms with Gasteiger partial charge in [-0.1, -0.05) is 36.8 Å². The van der Waals surface area contributed by atoms with Gasteiger partial charge in [-0.05, 0) is 48.3 Å². The molecule has 1 fully saturated rings. The van der Waals surface area contributed by atoms with Crippen LogP contribution in [0.2, 0.25) is 0 Å². The molecule has 0 aliphatic heterocycles. The summed E-state index contributed by atoms with van der Waals surface area (Å²) in [5.74, 6) is 2.03. The van der Waals surface area contributed by atoms with E-state index in [0.717, 1.165) is 5.92 Å². The Morgan fingerprint density at radius 3 is 2.95 bits per heavy atom. The molecule has 0 aromatic rings. The third-order valence-electron chi connectivity index (χ3n) is 5.37. The van der Waals surface area contributed by atoms with Gasteiger partial charge >= 0.3 is 0 Å². The Kier molecular flexibility index (Phi) is 2.89. The third-order valence-corrected chi connectivity index (χ3v) is 5.67. The zero-order chi connectivity index (χ0) is 12.8. The Bertz CT molecular complexity index is 511. The quantitative estimate of drug-likeness (QED) is 0.659. The highest BCUT2D eigenvalue weighted by molar-refractivity contribution is 5.98. The second kappa shape index (κ2) is 4.60. The summed E-state index contributed by atoms with van der Waals surface area (Å²) >= 11 is 0. The van der Waals surface area contributed by atoms with E-state index in [4.69, 9.17) is 4.43 Å². The van der Waals surface area contributed by atoms with Crippen LogP contribution >= 0.6 is 0 Å². The Balaban J connectivity index is 1.75. The van der Waals surface area contributed by atoms with E-state index in [1.165, 1.54) is 37.7 Å². The second-order valence-corrected chi connectivity index (χ2v) is 6.48. The molecule has 1 saturated carbocycles. The van der Waals surface area contributed by atoms with Crippen LogP contribution in [0.3, 0.4) is 0 Å². The van der Waals surface area contributed by atoms with Crippen LogP contribution in [0.4, 0.5) is 0 Å². The number of hydrogen-bond acceptors (Lipinski definition) is 1. The largest absolute Gasteiger partial charge is 0.415 e. The van der Waals surface area contributed by atoms with Crippen molar-refractivity contribution in [3.8, 4) is 0 Å². The molecule has 1 nitrogen and oxygen atoms in total. The van der Waals surface area contributed by atoms with Crippen LogP contribution in [0, 0.1) is 17.8 Å².